The van der Waals surface area contributed by atoms with Crippen LogP contribution in [0, 0.1) is 0 Å². The van der Waals surface area contributed by atoms with Crippen molar-refractivity contribution in [2.24, 2.45) is 0 Å². The number of fused-ring (bicyclic) bond motifs is 1. The van der Waals surface area contributed by atoms with Gasteiger partial charge in [0.15, 0.2) is 0 Å². The quantitative estimate of drug-likeness (QED) is 0.810. The molecule has 0 aliphatic carbocycles. The zero-order valence-corrected chi connectivity index (χ0v) is 12.0. The van der Waals surface area contributed by atoms with Crippen LogP contribution < -0.4 is 10.2 Å². The van der Waals surface area contributed by atoms with Gasteiger partial charge in [-0.15, -0.1) is 0 Å². The molecule has 0 spiro atoms. The normalized spacial score (nSPS) is 22.0. The van der Waals surface area contributed by atoms with Crippen LogP contribution >= 0.6 is 0 Å². The number of imide groups is 1. The van der Waals surface area contributed by atoms with Crippen LogP contribution in [0.2, 0.25) is 0 Å². The topological polar surface area (TPSA) is 69.7 Å². The number of nitrogens with one attached hydrogen (secondary N) is 1. The molecule has 6 nitrogen and oxygen atoms in total. The summed E-state index contributed by atoms with van der Waals surface area (Å²) in [6.45, 7) is 0.633. The van der Waals surface area contributed by atoms with Gasteiger partial charge in [0.05, 0.1) is 17.2 Å². The first kappa shape index (κ1) is 13.8. The van der Waals surface area contributed by atoms with E-state index in [0.29, 0.717) is 23.4 Å². The second kappa shape index (κ2) is 4.96. The minimum absolute atomic E-state index is 0.00817. The first-order valence-electron chi connectivity index (χ1n) is 6.99. The summed E-state index contributed by atoms with van der Waals surface area (Å²) in [7, 11) is 3.24. The summed E-state index contributed by atoms with van der Waals surface area (Å²) in [4.78, 5) is 39.1. The molecule has 2 heterocycles. The molecule has 3 amide bonds. The van der Waals surface area contributed by atoms with Gasteiger partial charge in [0.1, 0.15) is 0 Å². The molecule has 0 saturated carbocycles. The molecular formula is C15H17N3O3. The van der Waals surface area contributed by atoms with E-state index in [9.17, 15) is 14.4 Å². The van der Waals surface area contributed by atoms with E-state index >= 15 is 0 Å². The molecule has 1 aromatic carbocycles. The van der Waals surface area contributed by atoms with Crippen LogP contribution in [0.4, 0.5) is 5.69 Å². The Hall–Kier alpha value is -2.21. The molecule has 3 rings (SSSR count). The minimum atomic E-state index is -0.313. The van der Waals surface area contributed by atoms with E-state index in [1.165, 1.54) is 7.05 Å². The number of hydrogen-bond donors (Lipinski definition) is 1. The number of rotatable bonds is 2. The third-order valence-corrected chi connectivity index (χ3v) is 4.17. The summed E-state index contributed by atoms with van der Waals surface area (Å²) in [5, 5.41) is 3.01. The SMILES string of the molecule is CNC1CCCN(c2ccc3c(c2)C(=O)N(C)C3=O)C1=O. The number of benzene rings is 1. The molecule has 1 atom stereocenters. The van der Waals surface area contributed by atoms with E-state index in [4.69, 9.17) is 0 Å². The maximum absolute atomic E-state index is 12.4. The van der Waals surface area contributed by atoms with Gasteiger partial charge in [-0.25, -0.2) is 0 Å². The van der Waals surface area contributed by atoms with Crippen molar-refractivity contribution in [3.8, 4) is 0 Å². The Morgan fingerprint density at radius 2 is 1.86 bits per heavy atom. The van der Waals surface area contributed by atoms with Gasteiger partial charge in [-0.1, -0.05) is 0 Å². The summed E-state index contributed by atoms with van der Waals surface area (Å²) >= 11 is 0. The lowest BCUT2D eigenvalue weighted by Crippen LogP contribution is -2.49. The molecule has 1 fully saturated rings. The fourth-order valence-corrected chi connectivity index (χ4v) is 2.92. The van der Waals surface area contributed by atoms with Crippen molar-refractivity contribution < 1.29 is 14.4 Å². The number of carbonyl (C=O) groups is 3. The molecule has 2 aliphatic heterocycles. The number of piperidine rings is 1. The smallest absolute Gasteiger partial charge is 0.261 e. The van der Waals surface area contributed by atoms with Gasteiger partial charge >= 0.3 is 0 Å². The van der Waals surface area contributed by atoms with Crippen molar-refractivity contribution in [1.82, 2.24) is 10.2 Å². The molecule has 0 radical (unpaired) electrons. The molecule has 1 aromatic rings. The van der Waals surface area contributed by atoms with Gasteiger partial charge in [-0.3, -0.25) is 19.3 Å². The molecule has 6 heteroatoms. The Morgan fingerprint density at radius 3 is 2.57 bits per heavy atom. The van der Waals surface area contributed by atoms with Crippen LogP contribution in [-0.2, 0) is 4.79 Å². The Balaban J connectivity index is 1.97. The van der Waals surface area contributed by atoms with Crippen molar-refractivity contribution >= 4 is 23.4 Å². The van der Waals surface area contributed by atoms with Gasteiger partial charge < -0.3 is 10.2 Å². The van der Waals surface area contributed by atoms with E-state index in [-0.39, 0.29) is 23.8 Å². The highest BCUT2D eigenvalue weighted by Gasteiger charge is 2.34. The predicted octanol–water partition coefficient (Wildman–Crippen LogP) is 0.627. The second-order valence-corrected chi connectivity index (χ2v) is 5.37. The van der Waals surface area contributed by atoms with Gasteiger partial charge in [-0.05, 0) is 38.1 Å². The third-order valence-electron chi connectivity index (χ3n) is 4.17. The van der Waals surface area contributed by atoms with E-state index in [2.05, 4.69) is 5.32 Å². The van der Waals surface area contributed by atoms with Crippen molar-refractivity contribution in [2.45, 2.75) is 18.9 Å². The Kier molecular flexibility index (Phi) is 3.25. The zero-order chi connectivity index (χ0) is 15.1. The maximum atomic E-state index is 12.4. The number of anilines is 1. The van der Waals surface area contributed by atoms with Crippen LogP contribution in [0.25, 0.3) is 0 Å². The molecule has 21 heavy (non-hydrogen) atoms. The lowest BCUT2D eigenvalue weighted by molar-refractivity contribution is -0.121. The van der Waals surface area contributed by atoms with Crippen LogP contribution in [-0.4, -0.2) is 49.3 Å². The molecule has 1 unspecified atom stereocenters. The highest BCUT2D eigenvalue weighted by molar-refractivity contribution is 6.21. The summed E-state index contributed by atoms with van der Waals surface area (Å²) in [6.07, 6.45) is 1.72. The molecule has 2 aliphatic rings. The maximum Gasteiger partial charge on any atom is 0.261 e. The Morgan fingerprint density at radius 1 is 1.14 bits per heavy atom. The van der Waals surface area contributed by atoms with E-state index in [1.807, 2.05) is 0 Å². The van der Waals surface area contributed by atoms with Crippen LogP contribution in [0.1, 0.15) is 33.6 Å². The van der Waals surface area contributed by atoms with Gasteiger partial charge in [0.2, 0.25) is 5.91 Å². The highest BCUT2D eigenvalue weighted by atomic mass is 16.2. The van der Waals surface area contributed by atoms with Gasteiger partial charge in [0.25, 0.3) is 11.8 Å². The number of likely N-dealkylation sites (N-methyl/N-ethyl adjacent to an activating group) is 1. The van der Waals surface area contributed by atoms with Crippen molar-refractivity contribution in [3.05, 3.63) is 29.3 Å². The number of nitrogens with zero attached hydrogens (tertiary/aromatic N) is 2. The second-order valence-electron chi connectivity index (χ2n) is 5.37. The number of hydrogen-bond acceptors (Lipinski definition) is 4. The molecular weight excluding hydrogens is 270 g/mol. The van der Waals surface area contributed by atoms with Gasteiger partial charge in [-0.2, -0.15) is 0 Å². The minimum Gasteiger partial charge on any atom is -0.311 e. The standard InChI is InChI=1S/C15H17N3O3/c1-16-12-4-3-7-18(15(12)21)9-5-6-10-11(8-9)14(20)17(2)13(10)19/h5-6,8,12,16H,3-4,7H2,1-2H3. The van der Waals surface area contributed by atoms with Crippen molar-refractivity contribution in [2.75, 3.05) is 25.5 Å². The molecule has 0 aromatic heterocycles. The highest BCUT2D eigenvalue weighted by Crippen LogP contribution is 2.28. The lowest BCUT2D eigenvalue weighted by atomic mass is 10.0. The van der Waals surface area contributed by atoms with E-state index in [0.717, 1.165) is 17.7 Å². The van der Waals surface area contributed by atoms with Crippen LogP contribution in [0.15, 0.2) is 18.2 Å². The van der Waals surface area contributed by atoms with Crippen LogP contribution in [0.5, 0.6) is 0 Å². The average Bonchev–Trinajstić information content (AvgIpc) is 2.72. The average molecular weight is 287 g/mol. The molecule has 110 valence electrons. The summed E-state index contributed by atoms with van der Waals surface area (Å²) < 4.78 is 0. The summed E-state index contributed by atoms with van der Waals surface area (Å²) in [5.41, 5.74) is 1.45. The van der Waals surface area contributed by atoms with Crippen molar-refractivity contribution in [3.63, 3.8) is 0 Å². The largest absolute Gasteiger partial charge is 0.311 e. The van der Waals surface area contributed by atoms with Crippen molar-refractivity contribution in [1.29, 1.82) is 0 Å². The Bertz CT molecular complexity index is 641. The summed E-state index contributed by atoms with van der Waals surface area (Å²) in [5.74, 6) is -0.597. The molecule has 1 N–H and O–H groups in total. The van der Waals surface area contributed by atoms with Gasteiger partial charge in [0, 0.05) is 19.3 Å². The van der Waals surface area contributed by atoms with E-state index < -0.39 is 0 Å². The van der Waals surface area contributed by atoms with Crippen LogP contribution in [0.3, 0.4) is 0 Å². The first-order chi connectivity index (χ1) is 10.0. The zero-order valence-electron chi connectivity index (χ0n) is 12.0. The monoisotopic (exact) mass is 287 g/mol. The first-order valence-corrected chi connectivity index (χ1v) is 6.99. The van der Waals surface area contributed by atoms with E-state index in [1.54, 1.807) is 30.1 Å². The number of amides is 3. The Labute approximate surface area is 122 Å². The molecule has 0 bridgehead atoms. The lowest BCUT2D eigenvalue weighted by Gasteiger charge is -2.32. The predicted molar refractivity (Wildman–Crippen MR) is 77.3 cm³/mol. The molecule has 1 saturated heterocycles. The fraction of sp³-hybridized carbons (Fsp3) is 0.400. The summed E-state index contributed by atoms with van der Waals surface area (Å²) in [6, 6.07) is 4.82. The number of carbonyl (C=O) groups excluding carboxylic acids is 3. The third kappa shape index (κ3) is 2.03. The fourth-order valence-electron chi connectivity index (χ4n) is 2.92.